The molecule has 0 N–H and O–H groups in total. The van der Waals surface area contributed by atoms with E-state index in [1.165, 1.54) is 41.6 Å². The molecule has 3 heteroatoms. The van der Waals surface area contributed by atoms with Crippen LogP contribution in [0.15, 0.2) is 91.0 Å². The van der Waals surface area contributed by atoms with Crippen LogP contribution in [-0.4, -0.2) is 30.3 Å². The van der Waals surface area contributed by atoms with E-state index >= 15 is 0 Å². The predicted molar refractivity (Wildman–Crippen MR) is 120 cm³/mol. The molecule has 0 heterocycles. The summed E-state index contributed by atoms with van der Waals surface area (Å²) in [7, 11) is 1.79. The lowest BCUT2D eigenvalue weighted by atomic mass is 10.2. The van der Waals surface area contributed by atoms with Gasteiger partial charge in [-0.15, -0.1) is 0 Å². The summed E-state index contributed by atoms with van der Waals surface area (Å²) in [6, 6.07) is 32.6. The Labute approximate surface area is 161 Å². The van der Waals surface area contributed by atoms with Gasteiger partial charge in [0.1, 0.15) is 0 Å². The molecule has 0 aromatic heterocycles. The molecule has 0 spiro atoms. The van der Waals surface area contributed by atoms with Gasteiger partial charge in [0.25, 0.3) is 0 Å². The minimum Gasteiger partial charge on any atom is -0.298 e. The maximum absolute atomic E-state index is 2.63. The Morgan fingerprint density at radius 3 is 1.42 bits per heavy atom. The number of hydrogen-bond donors (Lipinski definition) is 0. The van der Waals surface area contributed by atoms with Crippen LogP contribution < -0.4 is 10.6 Å². The molecule has 2 atom stereocenters. The molecule has 1 nitrogen and oxygen atoms in total. The fraction of sp³-hybridized carbons (Fsp3) is 0.217. The molecule has 3 rings (SSSR count). The summed E-state index contributed by atoms with van der Waals surface area (Å²) in [6.07, 6.45) is 2.48. The highest BCUT2D eigenvalue weighted by Gasteiger charge is 2.06. The van der Waals surface area contributed by atoms with E-state index in [0.717, 1.165) is 23.7 Å². The first-order valence-corrected chi connectivity index (χ1v) is 11.7. The van der Waals surface area contributed by atoms with E-state index in [2.05, 4.69) is 95.9 Å². The van der Waals surface area contributed by atoms with E-state index in [1.807, 2.05) is 0 Å². The van der Waals surface area contributed by atoms with Crippen molar-refractivity contribution in [1.82, 2.24) is 4.90 Å². The van der Waals surface area contributed by atoms with E-state index in [4.69, 9.17) is 0 Å². The lowest BCUT2D eigenvalue weighted by Crippen LogP contribution is -2.28. The van der Waals surface area contributed by atoms with Gasteiger partial charge in [0.05, 0.1) is 0 Å². The van der Waals surface area contributed by atoms with Crippen molar-refractivity contribution in [3.8, 4) is 0 Å². The number of benzene rings is 3. The van der Waals surface area contributed by atoms with Crippen molar-refractivity contribution < 1.29 is 0 Å². The van der Waals surface area contributed by atoms with E-state index in [0.29, 0.717) is 0 Å². The quantitative estimate of drug-likeness (QED) is 0.469. The van der Waals surface area contributed by atoms with Crippen molar-refractivity contribution in [2.45, 2.75) is 6.54 Å². The monoisotopic (exact) mass is 379 g/mol. The van der Waals surface area contributed by atoms with Crippen molar-refractivity contribution in [2.24, 2.45) is 0 Å². The van der Waals surface area contributed by atoms with Gasteiger partial charge in [-0.05, 0) is 28.5 Å². The lowest BCUT2D eigenvalue weighted by Gasteiger charge is -2.22. The molecule has 0 radical (unpaired) electrons. The zero-order valence-electron chi connectivity index (χ0n) is 15.1. The molecular formula is C23H27NP2. The standard InChI is InChI=1S/C23H27NP2/c1-4-10-21(11-5-1)20-24(16-18-25-22-12-6-2-7-13-22)17-19-26-23-14-8-3-9-15-23/h1-15,25-26H,16-20H2. The Kier molecular flexibility index (Phi) is 8.33. The number of nitrogens with zero attached hydrogens (tertiary/aromatic N) is 1. The molecule has 134 valence electrons. The summed E-state index contributed by atoms with van der Waals surface area (Å²) in [5, 5.41) is 2.94. The van der Waals surface area contributed by atoms with Crippen LogP contribution in [0.3, 0.4) is 0 Å². The van der Waals surface area contributed by atoms with Gasteiger partial charge >= 0.3 is 0 Å². The fourth-order valence-electron chi connectivity index (χ4n) is 2.94. The van der Waals surface area contributed by atoms with Gasteiger partial charge in [-0.3, -0.25) is 4.90 Å². The highest BCUT2D eigenvalue weighted by atomic mass is 31.1. The van der Waals surface area contributed by atoms with Gasteiger partial charge in [-0.25, -0.2) is 0 Å². The molecule has 0 saturated carbocycles. The third-order valence-corrected chi connectivity index (χ3v) is 6.74. The first-order valence-electron chi connectivity index (χ1n) is 9.24. The third kappa shape index (κ3) is 7.00. The van der Waals surface area contributed by atoms with Crippen LogP contribution in [0.5, 0.6) is 0 Å². The lowest BCUT2D eigenvalue weighted by molar-refractivity contribution is 0.300. The molecule has 2 unspecified atom stereocenters. The maximum Gasteiger partial charge on any atom is 0.0234 e. The Morgan fingerprint density at radius 1 is 0.538 bits per heavy atom. The van der Waals surface area contributed by atoms with Gasteiger partial charge in [-0.2, -0.15) is 0 Å². The van der Waals surface area contributed by atoms with Crippen LogP contribution in [0, 0.1) is 0 Å². The third-order valence-electron chi connectivity index (χ3n) is 4.31. The van der Waals surface area contributed by atoms with Crippen LogP contribution in [0.1, 0.15) is 5.56 Å². The average molecular weight is 379 g/mol. The first-order chi connectivity index (χ1) is 12.9. The summed E-state index contributed by atoms with van der Waals surface area (Å²) >= 11 is 0. The summed E-state index contributed by atoms with van der Waals surface area (Å²) in [5.74, 6) is 0. The second-order valence-corrected chi connectivity index (χ2v) is 9.21. The van der Waals surface area contributed by atoms with Crippen LogP contribution in [-0.2, 0) is 6.54 Å². The Hall–Kier alpha value is -1.52. The minimum absolute atomic E-state index is 0.897. The van der Waals surface area contributed by atoms with Crippen molar-refractivity contribution in [3.63, 3.8) is 0 Å². The summed E-state index contributed by atoms with van der Waals surface area (Å²) in [5.41, 5.74) is 1.42. The minimum atomic E-state index is 0.897. The molecule has 0 fully saturated rings. The van der Waals surface area contributed by atoms with Crippen LogP contribution in [0.4, 0.5) is 0 Å². The van der Waals surface area contributed by atoms with E-state index in [-0.39, 0.29) is 0 Å². The summed E-state index contributed by atoms with van der Waals surface area (Å²) in [6.45, 7) is 3.39. The van der Waals surface area contributed by atoms with Crippen LogP contribution in [0.25, 0.3) is 0 Å². The zero-order chi connectivity index (χ0) is 17.9. The molecule has 0 aliphatic heterocycles. The van der Waals surface area contributed by atoms with Crippen molar-refractivity contribution >= 4 is 27.8 Å². The summed E-state index contributed by atoms with van der Waals surface area (Å²) in [4.78, 5) is 2.63. The highest BCUT2D eigenvalue weighted by Crippen LogP contribution is 2.14. The second-order valence-electron chi connectivity index (χ2n) is 6.35. The molecule has 0 amide bonds. The molecular weight excluding hydrogens is 352 g/mol. The molecule has 3 aromatic carbocycles. The van der Waals surface area contributed by atoms with E-state index in [1.54, 1.807) is 0 Å². The topological polar surface area (TPSA) is 3.24 Å². The molecule has 0 aliphatic rings. The summed E-state index contributed by atoms with van der Waals surface area (Å²) < 4.78 is 0. The van der Waals surface area contributed by atoms with Crippen molar-refractivity contribution in [1.29, 1.82) is 0 Å². The Balaban J connectivity index is 1.50. The first kappa shape index (κ1) is 19.2. The van der Waals surface area contributed by atoms with Gasteiger partial charge in [0, 0.05) is 19.6 Å². The smallest absolute Gasteiger partial charge is 0.0234 e. The van der Waals surface area contributed by atoms with Gasteiger partial charge < -0.3 is 0 Å². The average Bonchev–Trinajstić information content (AvgIpc) is 2.70. The molecule has 3 aromatic rings. The molecule has 0 bridgehead atoms. The molecule has 0 aliphatic carbocycles. The van der Waals surface area contributed by atoms with Crippen LogP contribution in [0.2, 0.25) is 0 Å². The van der Waals surface area contributed by atoms with Gasteiger partial charge in [-0.1, -0.05) is 108 Å². The number of hydrogen-bond acceptors (Lipinski definition) is 1. The predicted octanol–water partition coefficient (Wildman–Crippen LogP) is 4.50. The van der Waals surface area contributed by atoms with E-state index < -0.39 is 0 Å². The van der Waals surface area contributed by atoms with Gasteiger partial charge in [0.2, 0.25) is 0 Å². The fourth-order valence-corrected chi connectivity index (χ4v) is 5.23. The molecule has 0 saturated heterocycles. The second kappa shape index (κ2) is 11.2. The largest absolute Gasteiger partial charge is 0.298 e. The highest BCUT2D eigenvalue weighted by molar-refractivity contribution is 7.47. The zero-order valence-corrected chi connectivity index (χ0v) is 17.1. The van der Waals surface area contributed by atoms with Gasteiger partial charge in [0.15, 0.2) is 0 Å². The SMILES string of the molecule is c1ccc(CN(CCPc2ccccc2)CCPc2ccccc2)cc1. The Morgan fingerprint density at radius 2 is 0.962 bits per heavy atom. The van der Waals surface area contributed by atoms with Crippen LogP contribution >= 0.6 is 17.2 Å². The van der Waals surface area contributed by atoms with Crippen molar-refractivity contribution in [2.75, 3.05) is 25.4 Å². The maximum atomic E-state index is 2.63. The Bertz CT molecular complexity index is 686. The molecule has 26 heavy (non-hydrogen) atoms. The van der Waals surface area contributed by atoms with E-state index in [9.17, 15) is 0 Å². The normalized spacial score (nSPS) is 11.9. The van der Waals surface area contributed by atoms with Crippen molar-refractivity contribution in [3.05, 3.63) is 96.6 Å². The number of rotatable bonds is 10.